The molecular weight excluding hydrogens is 488 g/mol. The number of phenols is 1. The number of thiophene rings is 1. The van der Waals surface area contributed by atoms with Crippen molar-refractivity contribution in [2.75, 3.05) is 12.4 Å². The van der Waals surface area contributed by atoms with Crippen molar-refractivity contribution >= 4 is 28.6 Å². The molecule has 1 aliphatic heterocycles. The Morgan fingerprint density at radius 3 is 2.39 bits per heavy atom. The largest absolute Gasteiger partial charge is 0.503 e. The molecule has 0 saturated heterocycles. The summed E-state index contributed by atoms with van der Waals surface area (Å²) in [6.45, 7) is 9.34. The van der Waals surface area contributed by atoms with Crippen LogP contribution in [-0.2, 0) is 14.3 Å². The number of anilines is 1. The molecule has 0 amide bonds. The van der Waals surface area contributed by atoms with Gasteiger partial charge in [0.2, 0.25) is 0 Å². The van der Waals surface area contributed by atoms with Crippen LogP contribution < -0.4 is 5.32 Å². The summed E-state index contributed by atoms with van der Waals surface area (Å²) >= 11 is 1.41. The summed E-state index contributed by atoms with van der Waals surface area (Å²) in [6.07, 6.45) is 9.21. The Balaban J connectivity index is 0.000000563. The lowest BCUT2D eigenvalue weighted by Crippen LogP contribution is -2.08. The van der Waals surface area contributed by atoms with Gasteiger partial charge in [-0.05, 0) is 54.7 Å². The molecule has 2 aromatic rings. The first-order valence-electron chi connectivity index (χ1n) is 11.8. The molecule has 0 saturated carbocycles. The molecule has 0 spiro atoms. The molecular formula is C27H37F2NO5S. The third-order valence-electron chi connectivity index (χ3n) is 4.56. The molecule has 1 aliphatic rings. The zero-order valence-electron chi connectivity index (χ0n) is 21.7. The number of hydrogen-bond donors (Lipinski definition) is 3. The van der Waals surface area contributed by atoms with Gasteiger partial charge in [-0.25, -0.2) is 8.78 Å². The molecule has 0 radical (unpaired) electrons. The summed E-state index contributed by atoms with van der Waals surface area (Å²) in [5, 5.41) is 22.1. The van der Waals surface area contributed by atoms with E-state index in [-0.39, 0.29) is 11.7 Å². The van der Waals surface area contributed by atoms with Gasteiger partial charge in [0.25, 0.3) is 5.97 Å². The standard InChI is InChI=1S/C12H18O2.C11H9F2NOS.C2H4O2.C2H6/c1-3-5-7-12-10(6-4-2)8-11(9-13)14-12;1-14-9-4-6(5-16-9)7-2-3-8(12)11(15)10(7)13;1-2(3)4;1-2/h6,8-9,12H,3-5,7H2,1-2H3;2-5,14-15H,1H3;1H3,(H,3,4);1-2H3/b10-6-;;;. The number of carbonyl (C=O) groups is 2. The van der Waals surface area contributed by atoms with Gasteiger partial charge in [0.1, 0.15) is 6.10 Å². The van der Waals surface area contributed by atoms with Crippen molar-refractivity contribution in [3.05, 3.63) is 58.7 Å². The van der Waals surface area contributed by atoms with Gasteiger partial charge in [-0.15, -0.1) is 11.3 Å². The van der Waals surface area contributed by atoms with Crippen molar-refractivity contribution in [3.63, 3.8) is 0 Å². The van der Waals surface area contributed by atoms with Gasteiger partial charge >= 0.3 is 0 Å². The van der Waals surface area contributed by atoms with Crippen molar-refractivity contribution in [2.45, 2.75) is 66.4 Å². The van der Waals surface area contributed by atoms with Crippen molar-refractivity contribution in [1.82, 2.24) is 0 Å². The number of halogens is 2. The van der Waals surface area contributed by atoms with Crippen LogP contribution in [0.15, 0.2) is 47.1 Å². The molecule has 0 aliphatic carbocycles. The van der Waals surface area contributed by atoms with Crippen LogP contribution in [-0.4, -0.2) is 35.6 Å². The maximum absolute atomic E-state index is 13.6. The lowest BCUT2D eigenvalue weighted by atomic mass is 10.0. The molecule has 3 N–H and O–H groups in total. The highest BCUT2D eigenvalue weighted by Crippen LogP contribution is 2.34. The van der Waals surface area contributed by atoms with Gasteiger partial charge < -0.3 is 20.3 Å². The highest BCUT2D eigenvalue weighted by Gasteiger charge is 2.21. The summed E-state index contributed by atoms with van der Waals surface area (Å²) in [7, 11) is 1.76. The first-order valence-corrected chi connectivity index (χ1v) is 12.7. The number of rotatable bonds is 7. The number of aldehydes is 1. The Kier molecular flexibility index (Phi) is 16.5. The Labute approximate surface area is 216 Å². The lowest BCUT2D eigenvalue weighted by Gasteiger charge is -2.12. The van der Waals surface area contributed by atoms with Crippen molar-refractivity contribution in [2.24, 2.45) is 0 Å². The van der Waals surface area contributed by atoms with Crippen LogP contribution in [0.4, 0.5) is 13.8 Å². The number of aliphatic carboxylic acids is 1. The molecule has 200 valence electrons. The van der Waals surface area contributed by atoms with Crippen molar-refractivity contribution in [1.29, 1.82) is 0 Å². The minimum Gasteiger partial charge on any atom is -0.503 e. The Bertz CT molecular complexity index is 1010. The van der Waals surface area contributed by atoms with E-state index >= 15 is 0 Å². The van der Waals surface area contributed by atoms with Crippen molar-refractivity contribution in [3.8, 4) is 16.9 Å². The zero-order valence-corrected chi connectivity index (χ0v) is 22.5. The average Bonchev–Trinajstić information content (AvgIpc) is 3.50. The zero-order chi connectivity index (χ0) is 27.7. The molecule has 1 unspecified atom stereocenters. The van der Waals surface area contributed by atoms with Gasteiger partial charge in [0.05, 0.1) is 5.00 Å². The molecule has 0 bridgehead atoms. The SMILES string of the molecule is CC.CC(=O)O.CC/C=C1/C=C(C=O)OC1CCCC.CNc1cc(-c2ccc(F)c(O)c2F)cs1. The first kappa shape index (κ1) is 32.8. The number of hydrogen-bond acceptors (Lipinski definition) is 6. The number of unbranched alkanes of at least 4 members (excludes halogenated alkanes) is 1. The number of carboxylic acids is 1. The summed E-state index contributed by atoms with van der Waals surface area (Å²) in [6, 6.07) is 4.09. The minimum atomic E-state index is -0.953. The number of nitrogens with one attached hydrogen (secondary N) is 1. The van der Waals surface area contributed by atoms with Crippen LogP contribution >= 0.6 is 11.3 Å². The van der Waals surface area contributed by atoms with E-state index in [1.54, 1.807) is 18.5 Å². The molecule has 1 atom stereocenters. The second-order valence-electron chi connectivity index (χ2n) is 7.25. The summed E-state index contributed by atoms with van der Waals surface area (Å²) in [4.78, 5) is 19.6. The molecule has 6 nitrogen and oxygen atoms in total. The van der Waals surface area contributed by atoms with E-state index in [1.165, 1.54) is 23.0 Å². The van der Waals surface area contributed by atoms with Gasteiger partial charge in [-0.1, -0.05) is 40.2 Å². The van der Waals surface area contributed by atoms with Crippen molar-refractivity contribution < 1.29 is 33.3 Å². The molecule has 36 heavy (non-hydrogen) atoms. The van der Waals surface area contributed by atoms with Gasteiger partial charge in [-0.3, -0.25) is 9.59 Å². The second-order valence-corrected chi connectivity index (χ2v) is 8.16. The van der Waals surface area contributed by atoms with Crippen LogP contribution in [0, 0.1) is 11.6 Å². The highest BCUT2D eigenvalue weighted by atomic mass is 32.1. The number of aromatic hydroxyl groups is 1. The predicted molar refractivity (Wildman–Crippen MR) is 142 cm³/mol. The van der Waals surface area contributed by atoms with E-state index in [0.29, 0.717) is 11.3 Å². The predicted octanol–water partition coefficient (Wildman–Crippen LogP) is 7.55. The Hall–Kier alpha value is -3.20. The minimum absolute atomic E-state index is 0.120. The second kappa shape index (κ2) is 18.1. The fourth-order valence-electron chi connectivity index (χ4n) is 3.00. The smallest absolute Gasteiger partial charge is 0.300 e. The van der Waals surface area contributed by atoms with Gasteiger partial charge in [0.15, 0.2) is 29.4 Å². The summed E-state index contributed by atoms with van der Waals surface area (Å²) in [5.74, 6) is -3.17. The Morgan fingerprint density at radius 2 is 1.89 bits per heavy atom. The highest BCUT2D eigenvalue weighted by molar-refractivity contribution is 7.14. The van der Waals surface area contributed by atoms with Gasteiger partial charge in [-0.2, -0.15) is 0 Å². The number of carboxylic acid groups (broad SMARTS) is 1. The van der Waals surface area contributed by atoms with E-state index in [9.17, 15) is 13.6 Å². The number of phenolic OH excluding ortho intramolecular Hbond substituents is 1. The molecule has 3 rings (SSSR count). The van der Waals surface area contributed by atoms with Crippen LogP contribution in [0.2, 0.25) is 0 Å². The maximum Gasteiger partial charge on any atom is 0.300 e. The summed E-state index contributed by atoms with van der Waals surface area (Å²) in [5.41, 5.74) is 1.97. The van der Waals surface area contributed by atoms with E-state index < -0.39 is 23.4 Å². The fraction of sp³-hybridized carbons (Fsp3) is 0.407. The third-order valence-corrected chi connectivity index (χ3v) is 5.51. The van der Waals surface area contributed by atoms with E-state index in [4.69, 9.17) is 19.7 Å². The fourth-order valence-corrected chi connectivity index (χ4v) is 3.76. The lowest BCUT2D eigenvalue weighted by molar-refractivity contribution is -0.134. The van der Waals surface area contributed by atoms with Gasteiger partial charge in [0, 0.05) is 24.9 Å². The normalized spacial score (nSPS) is 14.6. The number of allylic oxidation sites excluding steroid dienone is 2. The topological polar surface area (TPSA) is 95.9 Å². The van der Waals surface area contributed by atoms with Crippen LogP contribution in [0.1, 0.15) is 60.3 Å². The molecule has 1 aromatic carbocycles. The quantitative estimate of drug-likeness (QED) is 0.323. The molecule has 2 heterocycles. The average molecular weight is 526 g/mol. The first-order chi connectivity index (χ1) is 17.2. The monoisotopic (exact) mass is 525 g/mol. The molecule has 9 heteroatoms. The molecule has 0 fully saturated rings. The third kappa shape index (κ3) is 11.0. The van der Waals surface area contributed by atoms with E-state index in [2.05, 4.69) is 25.2 Å². The van der Waals surface area contributed by atoms with Crippen LogP contribution in [0.25, 0.3) is 11.1 Å². The number of ether oxygens (including phenoxy) is 1. The molecule has 1 aromatic heterocycles. The van der Waals surface area contributed by atoms with E-state index in [0.717, 1.165) is 50.0 Å². The van der Waals surface area contributed by atoms with E-state index in [1.807, 2.05) is 19.9 Å². The van der Waals surface area contributed by atoms with Crippen LogP contribution in [0.5, 0.6) is 5.75 Å². The van der Waals surface area contributed by atoms with Crippen LogP contribution in [0.3, 0.4) is 0 Å². The number of benzene rings is 1. The Morgan fingerprint density at radius 1 is 1.25 bits per heavy atom. The maximum atomic E-state index is 13.6. The number of carbonyl (C=O) groups excluding carboxylic acids is 1. The summed E-state index contributed by atoms with van der Waals surface area (Å²) < 4.78 is 31.9.